The van der Waals surface area contributed by atoms with Gasteiger partial charge in [0.1, 0.15) is 0 Å². The lowest BCUT2D eigenvalue weighted by molar-refractivity contribution is -0.136. The monoisotopic (exact) mass is 242 g/mol. The Hall–Kier alpha value is -2.01. The van der Waals surface area contributed by atoms with Crippen LogP contribution in [0.2, 0.25) is 0 Å². The average molecular weight is 242 g/mol. The number of hydrogen-bond donors (Lipinski definition) is 1. The molecule has 1 aromatic carbocycles. The van der Waals surface area contributed by atoms with E-state index in [1.807, 2.05) is 45.0 Å². The van der Waals surface area contributed by atoms with E-state index in [9.17, 15) is 4.79 Å². The summed E-state index contributed by atoms with van der Waals surface area (Å²) in [5, 5.41) is 8.60. The number of rotatable bonds is 3. The SMILES string of the molecule is CC(C)=C(C)C#Cc1ccc(CCC(=O)O)cc1. The molecule has 0 aliphatic carbocycles. The molecule has 0 spiro atoms. The van der Waals surface area contributed by atoms with E-state index in [0.29, 0.717) is 6.42 Å². The van der Waals surface area contributed by atoms with E-state index in [-0.39, 0.29) is 6.42 Å². The molecule has 0 aliphatic rings. The van der Waals surface area contributed by atoms with Crippen LogP contribution in [0, 0.1) is 11.8 Å². The number of carboxylic acids is 1. The van der Waals surface area contributed by atoms with Gasteiger partial charge in [-0.25, -0.2) is 0 Å². The van der Waals surface area contributed by atoms with Crippen molar-refractivity contribution in [2.45, 2.75) is 33.6 Å². The summed E-state index contributed by atoms with van der Waals surface area (Å²) in [4.78, 5) is 10.5. The molecule has 0 amide bonds. The van der Waals surface area contributed by atoms with Crippen LogP contribution < -0.4 is 0 Å². The van der Waals surface area contributed by atoms with Crippen LogP contribution in [0.1, 0.15) is 38.3 Å². The Morgan fingerprint density at radius 2 is 1.78 bits per heavy atom. The van der Waals surface area contributed by atoms with Gasteiger partial charge in [0.05, 0.1) is 0 Å². The summed E-state index contributed by atoms with van der Waals surface area (Å²) < 4.78 is 0. The second-order valence-corrected chi connectivity index (χ2v) is 4.47. The van der Waals surface area contributed by atoms with Crippen LogP contribution in [0.15, 0.2) is 35.4 Å². The summed E-state index contributed by atoms with van der Waals surface area (Å²) in [6.45, 7) is 6.08. The van der Waals surface area contributed by atoms with Crippen molar-refractivity contribution in [3.63, 3.8) is 0 Å². The fraction of sp³-hybridized carbons (Fsp3) is 0.312. The van der Waals surface area contributed by atoms with Crippen LogP contribution in [0.5, 0.6) is 0 Å². The van der Waals surface area contributed by atoms with E-state index >= 15 is 0 Å². The van der Waals surface area contributed by atoms with Crippen molar-refractivity contribution in [1.29, 1.82) is 0 Å². The van der Waals surface area contributed by atoms with Crippen molar-refractivity contribution in [3.05, 3.63) is 46.5 Å². The predicted molar refractivity (Wildman–Crippen MR) is 73.3 cm³/mol. The molecule has 2 heteroatoms. The normalized spacial score (nSPS) is 9.28. The number of benzene rings is 1. The zero-order chi connectivity index (χ0) is 13.5. The number of carboxylic acid groups (broad SMARTS) is 1. The van der Waals surface area contributed by atoms with E-state index in [1.54, 1.807) is 0 Å². The molecule has 0 unspecified atom stereocenters. The fourth-order valence-electron chi connectivity index (χ4n) is 1.30. The van der Waals surface area contributed by atoms with Crippen molar-refractivity contribution in [2.24, 2.45) is 0 Å². The van der Waals surface area contributed by atoms with Crippen molar-refractivity contribution < 1.29 is 9.90 Å². The molecule has 94 valence electrons. The maximum absolute atomic E-state index is 10.5. The van der Waals surface area contributed by atoms with Crippen molar-refractivity contribution in [1.82, 2.24) is 0 Å². The molecule has 0 fully saturated rings. The predicted octanol–water partition coefficient (Wildman–Crippen LogP) is 3.41. The van der Waals surface area contributed by atoms with Gasteiger partial charge < -0.3 is 5.11 Å². The Morgan fingerprint density at radius 3 is 2.28 bits per heavy atom. The van der Waals surface area contributed by atoms with Gasteiger partial charge in [-0.2, -0.15) is 0 Å². The molecule has 0 radical (unpaired) electrons. The molecule has 0 atom stereocenters. The molecular formula is C16H18O2. The first-order chi connectivity index (χ1) is 8.49. The van der Waals surface area contributed by atoms with Crippen LogP contribution >= 0.6 is 0 Å². The minimum Gasteiger partial charge on any atom is -0.481 e. The molecule has 2 nitrogen and oxygen atoms in total. The molecule has 0 saturated heterocycles. The first kappa shape index (κ1) is 14.1. The number of allylic oxidation sites excluding steroid dienone is 2. The highest BCUT2D eigenvalue weighted by Gasteiger charge is 1.98. The lowest BCUT2D eigenvalue weighted by atomic mass is 10.1. The lowest BCUT2D eigenvalue weighted by Gasteiger charge is -1.98. The molecule has 0 aliphatic heterocycles. The van der Waals surface area contributed by atoms with Gasteiger partial charge >= 0.3 is 5.97 Å². The standard InChI is InChI=1S/C16H18O2/c1-12(2)13(3)4-5-14-6-8-15(9-7-14)10-11-16(17)18/h6-9H,10-11H2,1-3H3,(H,17,18). The minimum absolute atomic E-state index is 0.169. The van der Waals surface area contributed by atoms with Gasteiger partial charge in [-0.05, 0) is 50.5 Å². The Bertz CT molecular complexity index is 506. The summed E-state index contributed by atoms with van der Waals surface area (Å²) in [6.07, 6.45) is 0.734. The van der Waals surface area contributed by atoms with E-state index in [2.05, 4.69) is 11.8 Å². The van der Waals surface area contributed by atoms with Crippen LogP contribution in [-0.2, 0) is 11.2 Å². The highest BCUT2D eigenvalue weighted by molar-refractivity contribution is 5.67. The van der Waals surface area contributed by atoms with E-state index in [1.165, 1.54) is 5.57 Å². The highest BCUT2D eigenvalue weighted by Crippen LogP contribution is 2.07. The smallest absolute Gasteiger partial charge is 0.303 e. The zero-order valence-electron chi connectivity index (χ0n) is 11.1. The highest BCUT2D eigenvalue weighted by atomic mass is 16.4. The summed E-state index contributed by atoms with van der Waals surface area (Å²) >= 11 is 0. The molecule has 0 aromatic heterocycles. The van der Waals surface area contributed by atoms with Gasteiger partial charge in [0.15, 0.2) is 0 Å². The Morgan fingerprint density at radius 1 is 1.17 bits per heavy atom. The minimum atomic E-state index is -0.766. The van der Waals surface area contributed by atoms with Gasteiger partial charge in [-0.15, -0.1) is 0 Å². The first-order valence-electron chi connectivity index (χ1n) is 5.96. The number of aryl methyl sites for hydroxylation is 1. The Kier molecular flexibility index (Phi) is 5.20. The van der Waals surface area contributed by atoms with Gasteiger partial charge in [0.25, 0.3) is 0 Å². The average Bonchev–Trinajstić information content (AvgIpc) is 2.34. The summed E-state index contributed by atoms with van der Waals surface area (Å²) in [7, 11) is 0. The van der Waals surface area contributed by atoms with Crippen LogP contribution in [0.3, 0.4) is 0 Å². The van der Waals surface area contributed by atoms with Gasteiger partial charge in [0, 0.05) is 12.0 Å². The fourth-order valence-corrected chi connectivity index (χ4v) is 1.30. The summed E-state index contributed by atoms with van der Waals surface area (Å²) in [6, 6.07) is 7.74. The molecule has 0 saturated carbocycles. The molecule has 1 N–H and O–H groups in total. The molecule has 0 bridgehead atoms. The third-order valence-electron chi connectivity index (χ3n) is 2.73. The number of carbonyl (C=O) groups is 1. The van der Waals surface area contributed by atoms with E-state index in [4.69, 9.17) is 5.11 Å². The van der Waals surface area contributed by atoms with Crippen molar-refractivity contribution in [2.75, 3.05) is 0 Å². The molecule has 1 rings (SSSR count). The van der Waals surface area contributed by atoms with Crippen LogP contribution in [0.4, 0.5) is 0 Å². The maximum atomic E-state index is 10.5. The second kappa shape index (κ2) is 6.66. The number of hydrogen-bond acceptors (Lipinski definition) is 1. The van der Waals surface area contributed by atoms with Gasteiger partial charge in [-0.3, -0.25) is 4.79 Å². The maximum Gasteiger partial charge on any atom is 0.303 e. The number of aliphatic carboxylic acids is 1. The van der Waals surface area contributed by atoms with Crippen LogP contribution in [0.25, 0.3) is 0 Å². The van der Waals surface area contributed by atoms with E-state index in [0.717, 1.165) is 16.7 Å². The Labute approximate surface area is 108 Å². The second-order valence-electron chi connectivity index (χ2n) is 4.47. The topological polar surface area (TPSA) is 37.3 Å². The molecule has 18 heavy (non-hydrogen) atoms. The molecule has 1 aromatic rings. The van der Waals surface area contributed by atoms with Gasteiger partial charge in [-0.1, -0.05) is 29.5 Å². The van der Waals surface area contributed by atoms with Crippen molar-refractivity contribution >= 4 is 5.97 Å². The first-order valence-corrected chi connectivity index (χ1v) is 5.96. The largest absolute Gasteiger partial charge is 0.481 e. The summed E-state index contributed by atoms with van der Waals surface area (Å²) in [5.41, 5.74) is 4.29. The zero-order valence-corrected chi connectivity index (χ0v) is 11.1. The van der Waals surface area contributed by atoms with E-state index < -0.39 is 5.97 Å². The molecule has 0 heterocycles. The summed E-state index contributed by atoms with van der Waals surface area (Å²) in [5.74, 6) is 5.43. The third-order valence-corrected chi connectivity index (χ3v) is 2.73. The lowest BCUT2D eigenvalue weighted by Crippen LogP contribution is -1.97. The molecular weight excluding hydrogens is 224 g/mol. The van der Waals surface area contributed by atoms with Crippen molar-refractivity contribution in [3.8, 4) is 11.8 Å². The quantitative estimate of drug-likeness (QED) is 0.825. The Balaban J connectivity index is 2.72. The van der Waals surface area contributed by atoms with Gasteiger partial charge in [0.2, 0.25) is 0 Å². The van der Waals surface area contributed by atoms with Crippen LogP contribution in [-0.4, -0.2) is 11.1 Å². The third kappa shape index (κ3) is 4.88.